The first-order valence-corrected chi connectivity index (χ1v) is 9.97. The Hall–Kier alpha value is -2.53. The van der Waals surface area contributed by atoms with E-state index in [4.69, 9.17) is 21.3 Å². The fourth-order valence-corrected chi connectivity index (χ4v) is 3.56. The van der Waals surface area contributed by atoms with Gasteiger partial charge in [-0.1, -0.05) is 11.6 Å². The maximum Gasteiger partial charge on any atom is 0.219 e. The van der Waals surface area contributed by atoms with Crippen LogP contribution in [0.3, 0.4) is 0 Å². The maximum absolute atomic E-state index is 11.5. The fourth-order valence-electron chi connectivity index (χ4n) is 3.39. The van der Waals surface area contributed by atoms with E-state index in [0.717, 1.165) is 65.7 Å². The average molecular weight is 400 g/mol. The van der Waals surface area contributed by atoms with Crippen molar-refractivity contribution < 1.29 is 9.53 Å². The number of hydrogen-bond donors (Lipinski definition) is 1. The molecule has 1 N–H and O–H groups in total. The number of carbonyl (C=O) groups is 1. The van der Waals surface area contributed by atoms with Gasteiger partial charge in [0.1, 0.15) is 5.75 Å². The molecule has 0 radical (unpaired) electrons. The van der Waals surface area contributed by atoms with Crippen LogP contribution in [0.15, 0.2) is 36.4 Å². The molecule has 1 heterocycles. The van der Waals surface area contributed by atoms with E-state index >= 15 is 0 Å². The molecule has 1 aromatic heterocycles. The zero-order chi connectivity index (χ0) is 20.1. The van der Waals surface area contributed by atoms with Crippen LogP contribution in [0.1, 0.15) is 26.7 Å². The van der Waals surface area contributed by atoms with Gasteiger partial charge in [0.25, 0.3) is 0 Å². The number of nitrogens with one attached hydrogen (secondary N) is 1. The Labute approximate surface area is 170 Å². The first-order valence-electron chi connectivity index (χ1n) is 9.60. The summed E-state index contributed by atoms with van der Waals surface area (Å²) < 4.78 is 5.40. The van der Waals surface area contributed by atoms with Gasteiger partial charge < -0.3 is 15.0 Å². The number of unbranched alkanes of at least 4 members (excludes halogenated alkanes) is 1. The number of ether oxygens (including phenoxy) is 1. The number of nitrogens with zero attached hydrogens (tertiary/aromatic N) is 2. The predicted molar refractivity (Wildman–Crippen MR) is 116 cm³/mol. The Morgan fingerprint density at radius 2 is 1.96 bits per heavy atom. The van der Waals surface area contributed by atoms with Gasteiger partial charge in [0.05, 0.1) is 23.8 Å². The molecule has 0 unspecified atom stereocenters. The largest absolute Gasteiger partial charge is 0.497 e. The lowest BCUT2D eigenvalue weighted by atomic mass is 10.1. The second kappa shape index (κ2) is 9.11. The topological polar surface area (TPSA) is 54.5 Å². The molecule has 3 aromatic rings. The average Bonchev–Trinajstić information content (AvgIpc) is 2.69. The molecule has 0 atom stereocenters. The van der Waals surface area contributed by atoms with Crippen molar-refractivity contribution in [1.29, 1.82) is 0 Å². The summed E-state index contributed by atoms with van der Waals surface area (Å²) >= 11 is 6.17. The van der Waals surface area contributed by atoms with Gasteiger partial charge in [-0.15, -0.1) is 0 Å². The van der Waals surface area contributed by atoms with Crippen LogP contribution in [0.5, 0.6) is 5.75 Å². The molecule has 0 saturated carbocycles. The highest BCUT2D eigenvalue weighted by Crippen LogP contribution is 2.34. The van der Waals surface area contributed by atoms with Crippen molar-refractivity contribution in [2.75, 3.05) is 32.1 Å². The summed E-state index contributed by atoms with van der Waals surface area (Å²) in [5.74, 6) is 0.927. The van der Waals surface area contributed by atoms with E-state index < -0.39 is 0 Å². The number of rotatable bonds is 8. The van der Waals surface area contributed by atoms with Crippen LogP contribution in [-0.2, 0) is 4.79 Å². The van der Waals surface area contributed by atoms with Crippen LogP contribution in [-0.4, -0.2) is 42.5 Å². The molecule has 0 spiro atoms. The first kappa shape index (κ1) is 20.2. The first-order chi connectivity index (χ1) is 13.5. The molecule has 28 heavy (non-hydrogen) atoms. The smallest absolute Gasteiger partial charge is 0.219 e. The van der Waals surface area contributed by atoms with Crippen LogP contribution in [0.4, 0.5) is 5.69 Å². The van der Waals surface area contributed by atoms with Crippen molar-refractivity contribution in [3.8, 4) is 5.75 Å². The Kier molecular flexibility index (Phi) is 6.57. The van der Waals surface area contributed by atoms with E-state index in [1.54, 1.807) is 14.0 Å². The van der Waals surface area contributed by atoms with Crippen LogP contribution in [0.2, 0.25) is 5.02 Å². The minimum atomic E-state index is 0.130. The summed E-state index contributed by atoms with van der Waals surface area (Å²) in [6, 6.07) is 11.7. The van der Waals surface area contributed by atoms with E-state index in [-0.39, 0.29) is 5.91 Å². The molecular formula is C22H26ClN3O2. The van der Waals surface area contributed by atoms with Crippen molar-refractivity contribution in [1.82, 2.24) is 9.88 Å². The molecule has 148 valence electrons. The minimum absolute atomic E-state index is 0.130. The van der Waals surface area contributed by atoms with Gasteiger partial charge in [0.15, 0.2) is 0 Å². The highest BCUT2D eigenvalue weighted by Gasteiger charge is 2.11. The zero-order valence-corrected chi connectivity index (χ0v) is 17.3. The van der Waals surface area contributed by atoms with Gasteiger partial charge in [-0.3, -0.25) is 4.79 Å². The molecule has 0 aliphatic heterocycles. The number of aromatic nitrogens is 1. The molecule has 6 heteroatoms. The third kappa shape index (κ3) is 4.47. The van der Waals surface area contributed by atoms with E-state index in [1.807, 2.05) is 48.2 Å². The molecule has 3 rings (SSSR count). The van der Waals surface area contributed by atoms with Crippen LogP contribution in [0.25, 0.3) is 21.8 Å². The predicted octanol–water partition coefficient (Wildman–Crippen LogP) is 5.11. The summed E-state index contributed by atoms with van der Waals surface area (Å²) in [4.78, 5) is 18.1. The third-order valence-corrected chi connectivity index (χ3v) is 5.16. The lowest BCUT2D eigenvalue weighted by Crippen LogP contribution is -2.29. The summed E-state index contributed by atoms with van der Waals surface area (Å²) in [6.45, 7) is 5.98. The molecule has 0 fully saturated rings. The van der Waals surface area contributed by atoms with Gasteiger partial charge in [-0.05, 0) is 56.2 Å². The SMILES string of the molecule is CCN(CCCCNc1c2ccc(Cl)cc2nc2ccc(OC)cc12)C(C)=O. The fraction of sp³-hybridized carbons (Fsp3) is 0.364. The second-order valence-corrected chi connectivity index (χ2v) is 7.20. The van der Waals surface area contributed by atoms with Crippen molar-refractivity contribution in [2.45, 2.75) is 26.7 Å². The number of halogens is 1. The normalized spacial score (nSPS) is 11.0. The molecular weight excluding hydrogens is 374 g/mol. The van der Waals surface area contributed by atoms with Gasteiger partial charge in [-0.25, -0.2) is 4.98 Å². The number of amides is 1. The number of hydrogen-bond acceptors (Lipinski definition) is 4. The standard InChI is InChI=1S/C22H26ClN3O2/c1-4-26(15(2)27)12-6-5-11-24-22-18-9-7-16(23)13-21(18)25-20-10-8-17(28-3)14-19(20)22/h7-10,13-14H,4-6,11-12H2,1-3H3,(H,24,25). The van der Waals surface area contributed by atoms with Crippen LogP contribution < -0.4 is 10.1 Å². The molecule has 2 aromatic carbocycles. The van der Waals surface area contributed by atoms with Crippen LogP contribution >= 0.6 is 11.6 Å². The van der Waals surface area contributed by atoms with E-state index in [0.29, 0.717) is 5.02 Å². The molecule has 1 amide bonds. The Bertz CT molecular complexity index is 990. The number of methoxy groups -OCH3 is 1. The van der Waals surface area contributed by atoms with E-state index in [2.05, 4.69) is 5.32 Å². The molecule has 0 bridgehead atoms. The summed E-state index contributed by atoms with van der Waals surface area (Å²) in [5, 5.41) is 6.30. The Morgan fingerprint density at radius 3 is 2.68 bits per heavy atom. The molecule has 0 saturated heterocycles. The lowest BCUT2D eigenvalue weighted by molar-refractivity contribution is -0.128. The van der Waals surface area contributed by atoms with Gasteiger partial charge in [0.2, 0.25) is 5.91 Å². The Balaban J connectivity index is 1.84. The second-order valence-electron chi connectivity index (χ2n) is 6.76. The van der Waals surface area contributed by atoms with Crippen molar-refractivity contribution in [3.63, 3.8) is 0 Å². The summed E-state index contributed by atoms with van der Waals surface area (Å²) in [7, 11) is 1.66. The van der Waals surface area contributed by atoms with Gasteiger partial charge in [-0.2, -0.15) is 0 Å². The quantitative estimate of drug-likeness (QED) is 0.422. The van der Waals surface area contributed by atoms with E-state index in [1.165, 1.54) is 0 Å². The van der Waals surface area contributed by atoms with Gasteiger partial charge in [0, 0.05) is 42.4 Å². The number of carbonyl (C=O) groups excluding carboxylic acids is 1. The number of benzene rings is 2. The highest BCUT2D eigenvalue weighted by atomic mass is 35.5. The van der Waals surface area contributed by atoms with E-state index in [9.17, 15) is 4.79 Å². The van der Waals surface area contributed by atoms with Crippen molar-refractivity contribution in [3.05, 3.63) is 41.4 Å². The lowest BCUT2D eigenvalue weighted by Gasteiger charge is -2.19. The third-order valence-electron chi connectivity index (χ3n) is 4.93. The zero-order valence-electron chi connectivity index (χ0n) is 16.6. The highest BCUT2D eigenvalue weighted by molar-refractivity contribution is 6.31. The van der Waals surface area contributed by atoms with Gasteiger partial charge >= 0.3 is 0 Å². The molecule has 0 aliphatic carbocycles. The number of pyridine rings is 1. The Morgan fingerprint density at radius 1 is 1.14 bits per heavy atom. The molecule has 5 nitrogen and oxygen atoms in total. The van der Waals surface area contributed by atoms with Crippen molar-refractivity contribution in [2.24, 2.45) is 0 Å². The van der Waals surface area contributed by atoms with Crippen molar-refractivity contribution >= 4 is 45.0 Å². The van der Waals surface area contributed by atoms with Crippen LogP contribution in [0, 0.1) is 0 Å². The summed E-state index contributed by atoms with van der Waals surface area (Å²) in [6.07, 6.45) is 1.92. The molecule has 0 aliphatic rings. The monoisotopic (exact) mass is 399 g/mol. The number of anilines is 1. The number of fused-ring (bicyclic) bond motifs is 2. The summed E-state index contributed by atoms with van der Waals surface area (Å²) in [5.41, 5.74) is 2.79. The maximum atomic E-state index is 11.5. The minimum Gasteiger partial charge on any atom is -0.497 e.